The first-order chi connectivity index (χ1) is 7.27. The average molecular weight is 244 g/mol. The molecule has 2 rings (SSSR count). The van der Waals surface area contributed by atoms with Crippen molar-refractivity contribution >= 4 is 12.4 Å². The standard InChI is InChI=1S/C12H17NO2.ClH/c13-12(9-4-6-15-7-5-9)10-2-1-3-11(14)8-10;/h1-3,8-9,12,14H,4-7,13H2;1H/t12-;/m0./s1. The van der Waals surface area contributed by atoms with Crippen LogP contribution in [0.15, 0.2) is 24.3 Å². The fourth-order valence-electron chi connectivity index (χ4n) is 2.08. The van der Waals surface area contributed by atoms with E-state index in [4.69, 9.17) is 10.5 Å². The summed E-state index contributed by atoms with van der Waals surface area (Å²) in [5.74, 6) is 0.760. The number of hydrogen-bond acceptors (Lipinski definition) is 3. The zero-order chi connectivity index (χ0) is 10.7. The molecule has 1 aromatic carbocycles. The number of ether oxygens (including phenoxy) is 1. The zero-order valence-electron chi connectivity index (χ0n) is 9.13. The van der Waals surface area contributed by atoms with Gasteiger partial charge >= 0.3 is 0 Å². The van der Waals surface area contributed by atoms with Gasteiger partial charge in [0, 0.05) is 19.3 Å². The van der Waals surface area contributed by atoms with E-state index in [1.165, 1.54) is 0 Å². The SMILES string of the molecule is Cl.N[C@H](c1cccc(O)c1)C1CCOCC1. The van der Waals surface area contributed by atoms with E-state index in [1.54, 1.807) is 12.1 Å². The Morgan fingerprint density at radius 3 is 2.62 bits per heavy atom. The van der Waals surface area contributed by atoms with Crippen LogP contribution in [0.25, 0.3) is 0 Å². The van der Waals surface area contributed by atoms with Gasteiger partial charge in [-0.15, -0.1) is 12.4 Å². The predicted octanol–water partition coefficient (Wildman–Crippen LogP) is 2.24. The minimum absolute atomic E-state index is 0. The molecule has 1 heterocycles. The van der Waals surface area contributed by atoms with Gasteiger partial charge in [-0.25, -0.2) is 0 Å². The molecule has 3 N–H and O–H groups in total. The Morgan fingerprint density at radius 2 is 2.00 bits per heavy atom. The Hall–Kier alpha value is -0.770. The summed E-state index contributed by atoms with van der Waals surface area (Å²) in [7, 11) is 0. The summed E-state index contributed by atoms with van der Waals surface area (Å²) in [5.41, 5.74) is 7.19. The molecule has 0 amide bonds. The predicted molar refractivity (Wildman–Crippen MR) is 65.8 cm³/mol. The lowest BCUT2D eigenvalue weighted by atomic mass is 9.88. The van der Waals surface area contributed by atoms with Crippen LogP contribution in [0.2, 0.25) is 0 Å². The van der Waals surface area contributed by atoms with Crippen LogP contribution >= 0.6 is 12.4 Å². The summed E-state index contributed by atoms with van der Waals surface area (Å²) in [6.45, 7) is 1.61. The third-order valence-electron chi connectivity index (χ3n) is 3.03. The van der Waals surface area contributed by atoms with E-state index < -0.39 is 0 Å². The van der Waals surface area contributed by atoms with E-state index >= 15 is 0 Å². The number of nitrogens with two attached hydrogens (primary N) is 1. The lowest BCUT2D eigenvalue weighted by molar-refractivity contribution is 0.0583. The van der Waals surface area contributed by atoms with Gasteiger partial charge in [-0.3, -0.25) is 0 Å². The maximum Gasteiger partial charge on any atom is 0.115 e. The molecule has 1 aromatic rings. The number of phenols is 1. The van der Waals surface area contributed by atoms with Crippen LogP contribution in [0.1, 0.15) is 24.4 Å². The minimum Gasteiger partial charge on any atom is -0.508 e. The smallest absolute Gasteiger partial charge is 0.115 e. The molecule has 4 heteroatoms. The van der Waals surface area contributed by atoms with Crippen LogP contribution in [-0.2, 0) is 4.74 Å². The average Bonchev–Trinajstić information content (AvgIpc) is 2.29. The van der Waals surface area contributed by atoms with Crippen molar-refractivity contribution in [3.8, 4) is 5.75 Å². The van der Waals surface area contributed by atoms with Crippen LogP contribution in [-0.4, -0.2) is 18.3 Å². The summed E-state index contributed by atoms with van der Waals surface area (Å²) < 4.78 is 5.30. The summed E-state index contributed by atoms with van der Waals surface area (Å²) in [4.78, 5) is 0. The minimum atomic E-state index is 0. The second kappa shape index (κ2) is 6.09. The van der Waals surface area contributed by atoms with Crippen molar-refractivity contribution in [2.45, 2.75) is 18.9 Å². The molecular formula is C12H18ClNO2. The first-order valence-electron chi connectivity index (χ1n) is 5.39. The quantitative estimate of drug-likeness (QED) is 0.838. The monoisotopic (exact) mass is 243 g/mol. The van der Waals surface area contributed by atoms with E-state index in [0.29, 0.717) is 5.92 Å². The van der Waals surface area contributed by atoms with Gasteiger partial charge in [-0.1, -0.05) is 12.1 Å². The molecule has 16 heavy (non-hydrogen) atoms. The molecule has 1 aliphatic rings. The van der Waals surface area contributed by atoms with Crippen molar-refractivity contribution in [3.63, 3.8) is 0 Å². The zero-order valence-corrected chi connectivity index (χ0v) is 9.95. The molecule has 3 nitrogen and oxygen atoms in total. The van der Waals surface area contributed by atoms with Crippen molar-refractivity contribution in [2.75, 3.05) is 13.2 Å². The van der Waals surface area contributed by atoms with Gasteiger partial charge in [0.2, 0.25) is 0 Å². The van der Waals surface area contributed by atoms with Crippen molar-refractivity contribution in [3.05, 3.63) is 29.8 Å². The first-order valence-corrected chi connectivity index (χ1v) is 5.39. The van der Waals surface area contributed by atoms with Gasteiger partial charge in [0.1, 0.15) is 5.75 Å². The Kier molecular flexibility index (Phi) is 5.06. The third kappa shape index (κ3) is 3.11. The maximum atomic E-state index is 9.38. The number of hydrogen-bond donors (Lipinski definition) is 2. The highest BCUT2D eigenvalue weighted by atomic mass is 35.5. The number of rotatable bonds is 2. The van der Waals surface area contributed by atoms with Crippen molar-refractivity contribution < 1.29 is 9.84 Å². The molecule has 1 aliphatic heterocycles. The number of aromatic hydroxyl groups is 1. The van der Waals surface area contributed by atoms with Gasteiger partial charge in [0.25, 0.3) is 0 Å². The number of phenolic OH excluding ortho intramolecular Hbond substituents is 1. The second-order valence-corrected chi connectivity index (χ2v) is 4.07. The molecule has 0 spiro atoms. The molecule has 0 aliphatic carbocycles. The highest BCUT2D eigenvalue weighted by Gasteiger charge is 2.22. The lowest BCUT2D eigenvalue weighted by Gasteiger charge is -2.27. The molecule has 1 saturated heterocycles. The lowest BCUT2D eigenvalue weighted by Crippen LogP contribution is -2.27. The molecule has 0 aromatic heterocycles. The van der Waals surface area contributed by atoms with Crippen molar-refractivity contribution in [1.82, 2.24) is 0 Å². The fourth-order valence-corrected chi connectivity index (χ4v) is 2.08. The van der Waals surface area contributed by atoms with Gasteiger partial charge < -0.3 is 15.6 Å². The molecular weight excluding hydrogens is 226 g/mol. The number of benzene rings is 1. The van der Waals surface area contributed by atoms with Crippen LogP contribution in [0.4, 0.5) is 0 Å². The topological polar surface area (TPSA) is 55.5 Å². The van der Waals surface area contributed by atoms with Gasteiger partial charge in [-0.2, -0.15) is 0 Å². The van der Waals surface area contributed by atoms with Crippen LogP contribution in [0, 0.1) is 5.92 Å². The summed E-state index contributed by atoms with van der Waals surface area (Å²) in [6.07, 6.45) is 2.02. The van der Waals surface area contributed by atoms with Crippen LogP contribution in [0.3, 0.4) is 0 Å². The third-order valence-corrected chi connectivity index (χ3v) is 3.03. The van der Waals surface area contributed by atoms with Gasteiger partial charge in [-0.05, 0) is 36.5 Å². The van der Waals surface area contributed by atoms with Crippen molar-refractivity contribution in [1.29, 1.82) is 0 Å². The highest BCUT2D eigenvalue weighted by Crippen LogP contribution is 2.29. The van der Waals surface area contributed by atoms with E-state index in [2.05, 4.69) is 0 Å². The maximum absolute atomic E-state index is 9.38. The van der Waals surface area contributed by atoms with Crippen molar-refractivity contribution in [2.24, 2.45) is 11.7 Å². The van der Waals surface area contributed by atoms with E-state index in [1.807, 2.05) is 12.1 Å². The summed E-state index contributed by atoms with van der Waals surface area (Å²) >= 11 is 0. The largest absolute Gasteiger partial charge is 0.508 e. The second-order valence-electron chi connectivity index (χ2n) is 4.07. The first kappa shape index (κ1) is 13.3. The molecule has 1 atom stereocenters. The van der Waals surface area contributed by atoms with E-state index in [-0.39, 0.29) is 24.2 Å². The van der Waals surface area contributed by atoms with Crippen LogP contribution < -0.4 is 5.73 Å². The fraction of sp³-hybridized carbons (Fsp3) is 0.500. The molecule has 0 bridgehead atoms. The molecule has 90 valence electrons. The van der Waals surface area contributed by atoms with E-state index in [0.717, 1.165) is 31.6 Å². The molecule has 1 fully saturated rings. The van der Waals surface area contributed by atoms with Gasteiger partial charge in [0.15, 0.2) is 0 Å². The Labute approximate surface area is 102 Å². The number of halogens is 1. The summed E-state index contributed by atoms with van der Waals surface area (Å²) in [5, 5.41) is 9.38. The molecule has 0 unspecified atom stereocenters. The normalized spacial score (nSPS) is 18.8. The van der Waals surface area contributed by atoms with E-state index in [9.17, 15) is 5.11 Å². The molecule has 0 radical (unpaired) electrons. The van der Waals surface area contributed by atoms with Gasteiger partial charge in [0.05, 0.1) is 0 Å². The highest BCUT2D eigenvalue weighted by molar-refractivity contribution is 5.85. The Bertz CT molecular complexity index is 327. The summed E-state index contributed by atoms with van der Waals surface area (Å²) in [6, 6.07) is 7.24. The Balaban J connectivity index is 0.00000128. The molecule has 0 saturated carbocycles. The van der Waals surface area contributed by atoms with Crippen LogP contribution in [0.5, 0.6) is 5.75 Å². The Morgan fingerprint density at radius 1 is 1.31 bits per heavy atom.